The van der Waals surface area contributed by atoms with Crippen LogP contribution in [-0.4, -0.2) is 38.3 Å². The molecule has 0 unspecified atom stereocenters. The highest BCUT2D eigenvalue weighted by molar-refractivity contribution is 5.66. The van der Waals surface area contributed by atoms with Crippen molar-refractivity contribution in [1.82, 2.24) is 5.32 Å². The molecule has 108 valence electrons. The van der Waals surface area contributed by atoms with Gasteiger partial charge in [-0.15, -0.1) is 0 Å². The second-order valence-corrected chi connectivity index (χ2v) is 5.69. The van der Waals surface area contributed by atoms with Gasteiger partial charge in [-0.25, -0.2) is 0 Å². The van der Waals surface area contributed by atoms with Crippen LogP contribution in [0, 0.1) is 5.92 Å². The maximum atomic E-state index is 11.1. The quantitative estimate of drug-likeness (QED) is 0.850. The summed E-state index contributed by atoms with van der Waals surface area (Å²) in [7, 11) is 0. The zero-order valence-electron chi connectivity index (χ0n) is 12.0. The first kappa shape index (κ1) is 13.4. The molecule has 0 bridgehead atoms. The van der Waals surface area contributed by atoms with Gasteiger partial charge >= 0.3 is 5.97 Å². The number of para-hydroxylation sites is 1. The largest absolute Gasteiger partial charge is 0.465 e. The molecule has 0 saturated carbocycles. The van der Waals surface area contributed by atoms with Crippen LogP contribution in [0.2, 0.25) is 0 Å². The van der Waals surface area contributed by atoms with Gasteiger partial charge in [0.15, 0.2) is 0 Å². The van der Waals surface area contributed by atoms with Crippen LogP contribution in [0.15, 0.2) is 24.3 Å². The van der Waals surface area contributed by atoms with Gasteiger partial charge < -0.3 is 15.0 Å². The van der Waals surface area contributed by atoms with Gasteiger partial charge in [0.05, 0.1) is 6.61 Å². The minimum Gasteiger partial charge on any atom is -0.465 e. The molecule has 2 atom stereocenters. The highest BCUT2D eigenvalue weighted by Crippen LogP contribution is 2.33. The van der Waals surface area contributed by atoms with Gasteiger partial charge in [-0.1, -0.05) is 18.2 Å². The molecule has 0 radical (unpaired) electrons. The molecule has 3 rings (SSSR count). The Balaban J connectivity index is 1.75. The maximum absolute atomic E-state index is 11.1. The Morgan fingerprint density at radius 1 is 1.45 bits per heavy atom. The van der Waals surface area contributed by atoms with Crippen molar-refractivity contribution in [3.63, 3.8) is 0 Å². The Kier molecular flexibility index (Phi) is 3.92. The van der Waals surface area contributed by atoms with Crippen LogP contribution >= 0.6 is 0 Å². The van der Waals surface area contributed by atoms with Gasteiger partial charge in [0.25, 0.3) is 0 Å². The number of ether oxygens (including phenoxy) is 1. The van der Waals surface area contributed by atoms with E-state index in [0.29, 0.717) is 18.6 Å². The van der Waals surface area contributed by atoms with E-state index in [2.05, 4.69) is 34.5 Å². The van der Waals surface area contributed by atoms with Crippen molar-refractivity contribution in [2.24, 2.45) is 5.92 Å². The molecule has 0 aromatic heterocycles. The van der Waals surface area contributed by atoms with Crippen molar-refractivity contribution in [1.29, 1.82) is 0 Å². The Hall–Kier alpha value is -1.55. The normalized spacial score (nSPS) is 25.4. The average molecular weight is 274 g/mol. The van der Waals surface area contributed by atoms with Crippen LogP contribution in [0.3, 0.4) is 0 Å². The molecule has 0 spiro atoms. The first-order valence-corrected chi connectivity index (χ1v) is 7.44. The summed E-state index contributed by atoms with van der Waals surface area (Å²) >= 11 is 0. The highest BCUT2D eigenvalue weighted by Gasteiger charge is 2.33. The summed E-state index contributed by atoms with van der Waals surface area (Å²) in [5, 5.41) is 3.42. The van der Waals surface area contributed by atoms with Gasteiger partial charge in [0.2, 0.25) is 0 Å². The molecule has 20 heavy (non-hydrogen) atoms. The van der Waals surface area contributed by atoms with Crippen LogP contribution in [0.5, 0.6) is 0 Å². The predicted molar refractivity (Wildman–Crippen MR) is 78.9 cm³/mol. The number of hydrogen-bond donors (Lipinski definition) is 1. The molecule has 1 aromatic rings. The van der Waals surface area contributed by atoms with Crippen LogP contribution in [0.1, 0.15) is 18.9 Å². The lowest BCUT2D eigenvalue weighted by molar-refractivity contribution is -0.142. The monoisotopic (exact) mass is 274 g/mol. The minimum absolute atomic E-state index is 0.184. The average Bonchev–Trinajstić information content (AvgIpc) is 2.89. The molecule has 4 nitrogen and oxygen atoms in total. The van der Waals surface area contributed by atoms with E-state index in [1.807, 2.05) is 0 Å². The Morgan fingerprint density at radius 2 is 2.30 bits per heavy atom. The molecule has 1 saturated heterocycles. The minimum atomic E-state index is -0.184. The molecule has 0 aliphatic carbocycles. The number of fused-ring (bicyclic) bond motifs is 1. The number of anilines is 1. The molecule has 2 aliphatic rings. The lowest BCUT2D eigenvalue weighted by Gasteiger charge is -2.39. The van der Waals surface area contributed by atoms with Crippen LogP contribution in [0.4, 0.5) is 5.69 Å². The Labute approximate surface area is 120 Å². The van der Waals surface area contributed by atoms with Gasteiger partial charge in [-0.3, -0.25) is 4.79 Å². The summed E-state index contributed by atoms with van der Waals surface area (Å²) in [4.78, 5) is 13.6. The highest BCUT2D eigenvalue weighted by atomic mass is 16.5. The van der Waals surface area contributed by atoms with Gasteiger partial charge in [0.1, 0.15) is 0 Å². The van der Waals surface area contributed by atoms with Gasteiger partial charge in [-0.2, -0.15) is 0 Å². The molecule has 4 heteroatoms. The van der Waals surface area contributed by atoms with E-state index in [0.717, 1.165) is 32.5 Å². The number of nitrogens with zero attached hydrogens (tertiary/aromatic N) is 1. The van der Waals surface area contributed by atoms with E-state index in [1.165, 1.54) is 18.2 Å². The molecule has 2 aliphatic heterocycles. The third kappa shape index (κ3) is 2.66. The zero-order valence-corrected chi connectivity index (χ0v) is 12.0. The van der Waals surface area contributed by atoms with E-state index in [1.54, 1.807) is 0 Å². The summed E-state index contributed by atoms with van der Waals surface area (Å²) in [5.74, 6) is 0.190. The van der Waals surface area contributed by atoms with Crippen LogP contribution in [0.25, 0.3) is 0 Å². The van der Waals surface area contributed by atoms with Crippen molar-refractivity contribution in [3.8, 4) is 0 Å². The number of piperidine rings is 1. The second kappa shape index (κ2) is 5.83. The van der Waals surface area contributed by atoms with Gasteiger partial charge in [0, 0.05) is 37.7 Å². The number of benzene rings is 1. The predicted octanol–water partition coefficient (Wildman–Crippen LogP) is 1.59. The summed E-state index contributed by atoms with van der Waals surface area (Å²) in [6.07, 6.45) is 2.24. The molecule has 1 N–H and O–H groups in total. The van der Waals surface area contributed by atoms with Crippen molar-refractivity contribution in [2.45, 2.75) is 25.8 Å². The first-order valence-electron chi connectivity index (χ1n) is 7.44. The lowest BCUT2D eigenvalue weighted by atomic mass is 9.92. The Bertz CT molecular complexity index is 489. The summed E-state index contributed by atoms with van der Waals surface area (Å²) in [6.45, 7) is 5.05. The number of carbonyl (C=O) groups excluding carboxylic acids is 1. The fraction of sp³-hybridized carbons (Fsp3) is 0.562. The smallest absolute Gasteiger partial charge is 0.302 e. The number of rotatable bonds is 3. The number of hydrogen-bond acceptors (Lipinski definition) is 4. The number of carbonyl (C=O) groups is 1. The van der Waals surface area contributed by atoms with E-state index in [4.69, 9.17) is 4.74 Å². The molecule has 0 amide bonds. The molecular formula is C16H22N2O2. The number of nitrogens with one attached hydrogen (secondary N) is 1. The summed E-state index contributed by atoms with van der Waals surface area (Å²) < 4.78 is 5.25. The summed E-state index contributed by atoms with van der Waals surface area (Å²) in [5.41, 5.74) is 2.81. The van der Waals surface area contributed by atoms with Crippen molar-refractivity contribution < 1.29 is 9.53 Å². The lowest BCUT2D eigenvalue weighted by Crippen LogP contribution is -2.51. The van der Waals surface area contributed by atoms with E-state index < -0.39 is 0 Å². The SMILES string of the molecule is CC(=O)OC[C@@H]1CNCC[C@@H]1N1CCc2ccccc21. The fourth-order valence-electron chi connectivity index (χ4n) is 3.42. The molecule has 2 heterocycles. The fourth-order valence-corrected chi connectivity index (χ4v) is 3.42. The van der Waals surface area contributed by atoms with Crippen molar-refractivity contribution in [3.05, 3.63) is 29.8 Å². The molecule has 1 fully saturated rings. The maximum Gasteiger partial charge on any atom is 0.302 e. The summed E-state index contributed by atoms with van der Waals surface area (Å²) in [6, 6.07) is 9.13. The van der Waals surface area contributed by atoms with E-state index in [-0.39, 0.29) is 5.97 Å². The third-order valence-electron chi connectivity index (χ3n) is 4.39. The second-order valence-electron chi connectivity index (χ2n) is 5.69. The zero-order chi connectivity index (χ0) is 13.9. The molecular weight excluding hydrogens is 252 g/mol. The number of esters is 1. The van der Waals surface area contributed by atoms with Gasteiger partial charge in [-0.05, 0) is 31.0 Å². The van der Waals surface area contributed by atoms with Crippen LogP contribution < -0.4 is 10.2 Å². The standard InChI is InChI=1S/C16H22N2O2/c1-12(19)20-11-14-10-17-8-6-16(14)18-9-7-13-4-2-3-5-15(13)18/h2-5,14,16-17H,6-11H2,1H3/t14-,16-/m0/s1. The van der Waals surface area contributed by atoms with Crippen molar-refractivity contribution in [2.75, 3.05) is 31.1 Å². The molecule has 1 aromatic carbocycles. The van der Waals surface area contributed by atoms with Crippen molar-refractivity contribution >= 4 is 11.7 Å². The third-order valence-corrected chi connectivity index (χ3v) is 4.39. The Morgan fingerprint density at radius 3 is 3.15 bits per heavy atom. The van der Waals surface area contributed by atoms with E-state index >= 15 is 0 Å². The van der Waals surface area contributed by atoms with Crippen LogP contribution in [-0.2, 0) is 16.0 Å². The topological polar surface area (TPSA) is 41.6 Å². The van der Waals surface area contributed by atoms with E-state index in [9.17, 15) is 4.79 Å². The first-order chi connectivity index (χ1) is 9.75.